The van der Waals surface area contributed by atoms with Gasteiger partial charge in [-0.05, 0) is 24.3 Å². The van der Waals surface area contributed by atoms with Crippen molar-refractivity contribution in [1.82, 2.24) is 30.0 Å². The Kier molecular flexibility index (Phi) is 6.23. The Bertz CT molecular complexity index is 911. The van der Waals surface area contributed by atoms with Crippen molar-refractivity contribution in [2.24, 2.45) is 5.92 Å². The Morgan fingerprint density at radius 2 is 2.15 bits per heavy atom. The predicted molar refractivity (Wildman–Crippen MR) is 107 cm³/mol. The van der Waals surface area contributed by atoms with Crippen molar-refractivity contribution in [1.29, 1.82) is 0 Å². The molecule has 2 N–H and O–H groups in total. The molecule has 3 aromatic rings. The van der Waals surface area contributed by atoms with E-state index in [1.807, 2.05) is 6.26 Å². The molecule has 0 radical (unpaired) electrons. The molecule has 0 aliphatic heterocycles. The summed E-state index contributed by atoms with van der Waals surface area (Å²) >= 11 is 1.49. The van der Waals surface area contributed by atoms with Crippen molar-refractivity contribution in [3.63, 3.8) is 0 Å². The van der Waals surface area contributed by atoms with Crippen molar-refractivity contribution < 1.29 is 4.79 Å². The molecule has 0 saturated carbocycles. The SMILES string of the molecule is CSc1nc(NCC(C)C)c2cnn(CCNC(=O)c3ccccn3)c2n1. The number of amides is 1. The van der Waals surface area contributed by atoms with Crippen LogP contribution in [0.25, 0.3) is 11.0 Å². The van der Waals surface area contributed by atoms with Gasteiger partial charge >= 0.3 is 0 Å². The zero-order valence-electron chi connectivity index (χ0n) is 15.6. The van der Waals surface area contributed by atoms with Crippen LogP contribution < -0.4 is 10.6 Å². The van der Waals surface area contributed by atoms with E-state index >= 15 is 0 Å². The van der Waals surface area contributed by atoms with Gasteiger partial charge in [0.05, 0.1) is 18.1 Å². The van der Waals surface area contributed by atoms with Crippen LogP contribution in [0.15, 0.2) is 35.7 Å². The average molecular weight is 385 g/mol. The second-order valence-electron chi connectivity index (χ2n) is 6.41. The third kappa shape index (κ3) is 4.73. The summed E-state index contributed by atoms with van der Waals surface area (Å²) in [5.74, 6) is 1.09. The Morgan fingerprint density at radius 3 is 2.85 bits per heavy atom. The first-order valence-electron chi connectivity index (χ1n) is 8.79. The summed E-state index contributed by atoms with van der Waals surface area (Å²) in [4.78, 5) is 25.3. The topological polar surface area (TPSA) is 97.6 Å². The Hall–Kier alpha value is -2.68. The van der Waals surface area contributed by atoms with Gasteiger partial charge in [-0.25, -0.2) is 14.6 Å². The van der Waals surface area contributed by atoms with Crippen molar-refractivity contribution in [3.05, 3.63) is 36.3 Å². The number of nitrogens with zero attached hydrogens (tertiary/aromatic N) is 5. The maximum absolute atomic E-state index is 12.1. The van der Waals surface area contributed by atoms with E-state index in [1.165, 1.54) is 11.8 Å². The fraction of sp³-hybridized carbons (Fsp3) is 0.389. The minimum absolute atomic E-state index is 0.203. The summed E-state index contributed by atoms with van der Waals surface area (Å²) in [7, 11) is 0. The second kappa shape index (κ2) is 8.81. The second-order valence-corrected chi connectivity index (χ2v) is 7.18. The van der Waals surface area contributed by atoms with E-state index in [4.69, 9.17) is 0 Å². The number of fused-ring (bicyclic) bond motifs is 1. The van der Waals surface area contributed by atoms with Gasteiger partial charge in [-0.15, -0.1) is 0 Å². The van der Waals surface area contributed by atoms with Gasteiger partial charge in [0.2, 0.25) is 0 Å². The van der Waals surface area contributed by atoms with Crippen LogP contribution in [0.3, 0.4) is 0 Å². The Balaban J connectivity index is 1.73. The van der Waals surface area contributed by atoms with E-state index in [1.54, 1.807) is 35.3 Å². The zero-order chi connectivity index (χ0) is 19.2. The van der Waals surface area contributed by atoms with Gasteiger partial charge in [-0.3, -0.25) is 9.78 Å². The van der Waals surface area contributed by atoms with E-state index in [9.17, 15) is 4.79 Å². The predicted octanol–water partition coefficient (Wildman–Crippen LogP) is 2.44. The van der Waals surface area contributed by atoms with Gasteiger partial charge in [0, 0.05) is 19.3 Å². The van der Waals surface area contributed by atoms with Crippen LogP contribution in [0, 0.1) is 5.92 Å². The van der Waals surface area contributed by atoms with Crippen LogP contribution in [0.2, 0.25) is 0 Å². The van der Waals surface area contributed by atoms with Crippen molar-refractivity contribution >= 4 is 34.5 Å². The molecule has 0 atom stereocenters. The van der Waals surface area contributed by atoms with Gasteiger partial charge in [0.15, 0.2) is 10.8 Å². The zero-order valence-corrected chi connectivity index (χ0v) is 16.5. The highest BCUT2D eigenvalue weighted by molar-refractivity contribution is 7.98. The molecule has 8 nitrogen and oxygen atoms in total. The quantitative estimate of drug-likeness (QED) is 0.454. The number of nitrogens with one attached hydrogen (secondary N) is 2. The average Bonchev–Trinajstić information content (AvgIpc) is 3.09. The minimum Gasteiger partial charge on any atom is -0.369 e. The fourth-order valence-electron chi connectivity index (χ4n) is 2.49. The maximum Gasteiger partial charge on any atom is 0.269 e. The number of carbonyl (C=O) groups is 1. The first kappa shape index (κ1) is 19.1. The molecule has 3 rings (SSSR count). The lowest BCUT2D eigenvalue weighted by molar-refractivity contribution is 0.0947. The van der Waals surface area contributed by atoms with Crippen molar-refractivity contribution in [3.8, 4) is 0 Å². The fourth-order valence-corrected chi connectivity index (χ4v) is 2.85. The Labute approximate surface area is 162 Å². The summed E-state index contributed by atoms with van der Waals surface area (Å²) in [5.41, 5.74) is 1.16. The molecule has 3 heterocycles. The first-order chi connectivity index (χ1) is 13.1. The van der Waals surface area contributed by atoms with Crippen molar-refractivity contribution in [2.75, 3.05) is 24.7 Å². The summed E-state index contributed by atoms with van der Waals surface area (Å²) in [6.07, 6.45) is 5.31. The van der Waals surface area contributed by atoms with E-state index in [0.29, 0.717) is 29.9 Å². The number of hydrogen-bond acceptors (Lipinski definition) is 7. The molecule has 1 amide bonds. The van der Waals surface area contributed by atoms with Crippen LogP contribution in [0.1, 0.15) is 24.3 Å². The molecule has 0 saturated heterocycles. The molecule has 0 aromatic carbocycles. The molecule has 0 aliphatic carbocycles. The molecule has 3 aromatic heterocycles. The number of thioether (sulfide) groups is 1. The van der Waals surface area contributed by atoms with Crippen LogP contribution in [-0.4, -0.2) is 50.0 Å². The standard InChI is InChI=1S/C18H23N7OS/c1-12(2)10-21-15-13-11-22-25(16(13)24-18(23-15)27-3)9-8-20-17(26)14-6-4-5-7-19-14/h4-7,11-12H,8-10H2,1-3H3,(H,20,26)(H,21,23,24). The lowest BCUT2D eigenvalue weighted by Crippen LogP contribution is -2.28. The maximum atomic E-state index is 12.1. The lowest BCUT2D eigenvalue weighted by Gasteiger charge is -2.10. The van der Waals surface area contributed by atoms with Gasteiger partial charge in [0.1, 0.15) is 11.5 Å². The summed E-state index contributed by atoms with van der Waals surface area (Å²) in [5, 5.41) is 12.2. The molecule has 0 unspecified atom stereocenters. The van der Waals surface area contributed by atoms with Gasteiger partial charge in [-0.1, -0.05) is 31.7 Å². The highest BCUT2D eigenvalue weighted by atomic mass is 32.2. The highest BCUT2D eigenvalue weighted by Crippen LogP contribution is 2.23. The molecule has 0 spiro atoms. The normalized spacial score (nSPS) is 11.1. The van der Waals surface area contributed by atoms with E-state index in [-0.39, 0.29) is 5.91 Å². The number of anilines is 1. The smallest absolute Gasteiger partial charge is 0.269 e. The number of rotatable bonds is 8. The summed E-state index contributed by atoms with van der Waals surface area (Å²) < 4.78 is 1.79. The lowest BCUT2D eigenvalue weighted by atomic mass is 10.2. The molecule has 0 aliphatic rings. The number of pyridine rings is 1. The highest BCUT2D eigenvalue weighted by Gasteiger charge is 2.13. The molecular weight excluding hydrogens is 362 g/mol. The minimum atomic E-state index is -0.203. The van der Waals surface area contributed by atoms with Gasteiger partial charge < -0.3 is 10.6 Å². The van der Waals surface area contributed by atoms with E-state index < -0.39 is 0 Å². The van der Waals surface area contributed by atoms with E-state index in [0.717, 1.165) is 23.4 Å². The molecule has 0 bridgehead atoms. The number of carbonyl (C=O) groups excluding carboxylic acids is 1. The molecular formula is C18H23N7OS. The first-order valence-corrected chi connectivity index (χ1v) is 10.0. The monoisotopic (exact) mass is 385 g/mol. The van der Waals surface area contributed by atoms with Crippen LogP contribution in [0.5, 0.6) is 0 Å². The largest absolute Gasteiger partial charge is 0.369 e. The molecule has 27 heavy (non-hydrogen) atoms. The van der Waals surface area contributed by atoms with E-state index in [2.05, 4.69) is 44.5 Å². The van der Waals surface area contributed by atoms with Gasteiger partial charge in [0.25, 0.3) is 5.91 Å². The van der Waals surface area contributed by atoms with Gasteiger partial charge in [-0.2, -0.15) is 5.10 Å². The van der Waals surface area contributed by atoms with Crippen LogP contribution in [0.4, 0.5) is 5.82 Å². The Morgan fingerprint density at radius 1 is 1.30 bits per heavy atom. The number of aromatic nitrogens is 5. The van der Waals surface area contributed by atoms with Crippen molar-refractivity contribution in [2.45, 2.75) is 25.5 Å². The molecule has 142 valence electrons. The third-order valence-corrected chi connectivity index (χ3v) is 4.39. The van der Waals surface area contributed by atoms with Crippen LogP contribution >= 0.6 is 11.8 Å². The molecule has 9 heteroatoms. The molecule has 0 fully saturated rings. The summed E-state index contributed by atoms with van der Waals surface area (Å²) in [6.45, 7) is 6.06. The van der Waals surface area contributed by atoms with Crippen LogP contribution in [-0.2, 0) is 6.54 Å². The third-order valence-electron chi connectivity index (χ3n) is 3.84. The summed E-state index contributed by atoms with van der Waals surface area (Å²) in [6, 6.07) is 5.25. The number of hydrogen-bond donors (Lipinski definition) is 2.